The first kappa shape index (κ1) is 22.1. The summed E-state index contributed by atoms with van der Waals surface area (Å²) in [5.74, 6) is -2.23. The molecule has 2 saturated carbocycles. The highest BCUT2D eigenvalue weighted by Gasteiger charge is 2.67. The van der Waals surface area contributed by atoms with E-state index in [0.29, 0.717) is 19.3 Å². The van der Waals surface area contributed by atoms with E-state index in [1.54, 1.807) is 12.3 Å². The van der Waals surface area contributed by atoms with Crippen molar-refractivity contribution in [2.75, 3.05) is 7.11 Å². The van der Waals surface area contributed by atoms with Crippen LogP contribution in [0, 0.1) is 28.6 Å². The van der Waals surface area contributed by atoms with Crippen LogP contribution in [0.25, 0.3) is 0 Å². The highest BCUT2D eigenvalue weighted by atomic mass is 32.2. The molecule has 0 aromatic carbocycles. The van der Waals surface area contributed by atoms with Crippen LogP contribution < -0.4 is 0 Å². The van der Waals surface area contributed by atoms with Crippen LogP contribution in [0.3, 0.4) is 0 Å². The van der Waals surface area contributed by atoms with Gasteiger partial charge in [-0.2, -0.15) is 0 Å². The molecule has 1 aromatic heterocycles. The third kappa shape index (κ3) is 3.43. The van der Waals surface area contributed by atoms with E-state index in [9.17, 15) is 19.2 Å². The first-order valence-corrected chi connectivity index (χ1v) is 11.5. The maximum atomic E-state index is 13.8. The molecular weight excluding hydrogens is 420 g/mol. The second kappa shape index (κ2) is 7.80. The molecule has 3 fully saturated rings. The molecule has 0 N–H and O–H groups in total. The molecule has 8 heteroatoms. The van der Waals surface area contributed by atoms with Crippen LogP contribution in [-0.2, 0) is 28.7 Å². The number of carbonyl (C=O) groups excluding carboxylic acids is 4. The fourth-order valence-electron chi connectivity index (χ4n) is 6.46. The number of cyclic esters (lactones) is 1. The molecule has 0 unspecified atom stereocenters. The van der Waals surface area contributed by atoms with Gasteiger partial charge >= 0.3 is 11.9 Å². The molecule has 3 aliphatic rings. The zero-order valence-corrected chi connectivity index (χ0v) is 19.0. The summed E-state index contributed by atoms with van der Waals surface area (Å²) in [6, 6.07) is 1.76. The van der Waals surface area contributed by atoms with Gasteiger partial charge in [-0.25, -0.2) is 0 Å². The summed E-state index contributed by atoms with van der Waals surface area (Å²) in [5, 5.41) is -0.789. The number of hydrogen-bond donors (Lipinski definition) is 0. The van der Waals surface area contributed by atoms with Gasteiger partial charge in [0, 0.05) is 18.4 Å². The largest absolute Gasteiger partial charge is 0.472 e. The van der Waals surface area contributed by atoms with E-state index in [0.717, 1.165) is 17.3 Å². The Hall–Kier alpha value is -2.09. The minimum absolute atomic E-state index is 0.0457. The number of hydrogen-bond acceptors (Lipinski definition) is 8. The Morgan fingerprint density at radius 1 is 1.23 bits per heavy atom. The fraction of sp³-hybridized carbons (Fsp3) is 0.652. The lowest BCUT2D eigenvalue weighted by molar-refractivity contribution is -0.202. The Labute approximate surface area is 185 Å². The molecule has 0 bridgehead atoms. The van der Waals surface area contributed by atoms with Crippen molar-refractivity contribution < 1.29 is 33.1 Å². The topological polar surface area (TPSA) is 99.9 Å². The molecule has 0 amide bonds. The van der Waals surface area contributed by atoms with Crippen LogP contribution >= 0.6 is 11.8 Å². The van der Waals surface area contributed by atoms with Crippen molar-refractivity contribution in [2.45, 2.75) is 57.8 Å². The standard InChI is InChI=1S/C23H28O7S/c1-12(24)31-17-9-15(20(26)28-4)22(2)7-5-14-21(27)30-16(13-6-8-29-11-13)10-23(14,3)19(22)18(17)25/h6,8,11,14-17,19H,5,7,9-10H2,1-4H3/t14-,15-,16-,17+,19-,22-,23-/m0/s1. The average Bonchev–Trinajstić information content (AvgIpc) is 3.23. The Morgan fingerprint density at radius 2 is 1.97 bits per heavy atom. The van der Waals surface area contributed by atoms with E-state index >= 15 is 0 Å². The predicted octanol–water partition coefficient (Wildman–Crippen LogP) is 3.72. The van der Waals surface area contributed by atoms with Gasteiger partial charge in [0.2, 0.25) is 0 Å². The van der Waals surface area contributed by atoms with Crippen molar-refractivity contribution in [3.05, 3.63) is 24.2 Å². The van der Waals surface area contributed by atoms with E-state index in [1.807, 2.05) is 13.8 Å². The van der Waals surface area contributed by atoms with Crippen molar-refractivity contribution in [1.82, 2.24) is 0 Å². The number of Topliss-reactive ketones (excluding diaryl/α,β-unsaturated/α-hetero) is 1. The first-order valence-electron chi connectivity index (χ1n) is 10.6. The summed E-state index contributed by atoms with van der Waals surface area (Å²) in [6.45, 7) is 5.37. The molecular formula is C23H28O7S. The lowest BCUT2D eigenvalue weighted by Crippen LogP contribution is -2.64. The molecule has 1 aromatic rings. The van der Waals surface area contributed by atoms with Gasteiger partial charge in [0.25, 0.3) is 0 Å². The van der Waals surface area contributed by atoms with Gasteiger partial charge in [-0.15, -0.1) is 0 Å². The van der Waals surface area contributed by atoms with Gasteiger partial charge in [-0.1, -0.05) is 25.6 Å². The van der Waals surface area contributed by atoms with Crippen LogP contribution in [0.2, 0.25) is 0 Å². The minimum atomic E-state index is -0.705. The fourth-order valence-corrected chi connectivity index (χ4v) is 7.41. The number of fused-ring (bicyclic) bond motifs is 3. The van der Waals surface area contributed by atoms with Gasteiger partial charge in [-0.3, -0.25) is 19.2 Å². The second-order valence-corrected chi connectivity index (χ2v) is 10.9. The molecule has 1 aliphatic heterocycles. The van der Waals surface area contributed by atoms with Crippen molar-refractivity contribution >= 4 is 34.6 Å². The monoisotopic (exact) mass is 448 g/mol. The smallest absolute Gasteiger partial charge is 0.310 e. The number of thioether (sulfide) groups is 1. The number of ether oxygens (including phenoxy) is 2. The van der Waals surface area contributed by atoms with E-state index in [-0.39, 0.29) is 29.3 Å². The number of carbonyl (C=O) groups is 4. The number of rotatable bonds is 3. The number of methoxy groups -OCH3 is 1. The van der Waals surface area contributed by atoms with Crippen LogP contribution in [0.1, 0.15) is 58.1 Å². The van der Waals surface area contributed by atoms with E-state index in [4.69, 9.17) is 13.9 Å². The Morgan fingerprint density at radius 3 is 2.58 bits per heavy atom. The molecule has 1 saturated heterocycles. The van der Waals surface area contributed by atoms with Crippen molar-refractivity contribution in [3.63, 3.8) is 0 Å². The molecule has 31 heavy (non-hydrogen) atoms. The minimum Gasteiger partial charge on any atom is -0.472 e. The summed E-state index contributed by atoms with van der Waals surface area (Å²) in [7, 11) is 1.35. The summed E-state index contributed by atoms with van der Waals surface area (Å²) in [6.07, 6.45) is 4.40. The third-order valence-electron chi connectivity index (χ3n) is 7.81. The van der Waals surface area contributed by atoms with Gasteiger partial charge in [0.15, 0.2) is 10.9 Å². The highest BCUT2D eigenvalue weighted by Crippen LogP contribution is 2.65. The van der Waals surface area contributed by atoms with Gasteiger partial charge in [-0.05, 0) is 42.6 Å². The van der Waals surface area contributed by atoms with Crippen molar-refractivity contribution in [3.8, 4) is 0 Å². The summed E-state index contributed by atoms with van der Waals surface area (Å²) in [4.78, 5) is 51.6. The van der Waals surface area contributed by atoms with Crippen molar-refractivity contribution in [2.24, 2.45) is 28.6 Å². The number of esters is 2. The Bertz CT molecular complexity index is 909. The lowest BCUT2D eigenvalue weighted by Gasteiger charge is -2.61. The molecule has 7 nitrogen and oxygen atoms in total. The van der Waals surface area contributed by atoms with Gasteiger partial charge in [0.1, 0.15) is 6.10 Å². The number of ketones is 1. The van der Waals surface area contributed by atoms with Crippen LogP contribution in [0.5, 0.6) is 0 Å². The van der Waals surface area contributed by atoms with Crippen LogP contribution in [-0.4, -0.2) is 35.2 Å². The van der Waals surface area contributed by atoms with Gasteiger partial charge in [0.05, 0.1) is 36.7 Å². The molecule has 4 rings (SSSR count). The molecule has 0 radical (unpaired) electrons. The average molecular weight is 449 g/mol. The normalized spacial score (nSPS) is 39.8. The third-order valence-corrected chi connectivity index (χ3v) is 8.85. The molecule has 168 valence electrons. The predicted molar refractivity (Wildman–Crippen MR) is 112 cm³/mol. The highest BCUT2D eigenvalue weighted by molar-refractivity contribution is 8.14. The Balaban J connectivity index is 1.80. The van der Waals surface area contributed by atoms with E-state index in [2.05, 4.69) is 0 Å². The second-order valence-electron chi connectivity index (χ2n) is 9.53. The maximum absolute atomic E-state index is 13.8. The lowest BCUT2D eigenvalue weighted by atomic mass is 9.43. The summed E-state index contributed by atoms with van der Waals surface area (Å²) >= 11 is 0.980. The Kier molecular flexibility index (Phi) is 5.56. The first-order chi connectivity index (χ1) is 14.6. The quantitative estimate of drug-likeness (QED) is 0.645. The maximum Gasteiger partial charge on any atom is 0.310 e. The molecule has 2 heterocycles. The van der Waals surface area contributed by atoms with E-state index < -0.39 is 39.9 Å². The van der Waals surface area contributed by atoms with Crippen LogP contribution in [0.4, 0.5) is 0 Å². The van der Waals surface area contributed by atoms with E-state index in [1.165, 1.54) is 20.3 Å². The van der Waals surface area contributed by atoms with Crippen molar-refractivity contribution in [1.29, 1.82) is 0 Å². The summed E-state index contributed by atoms with van der Waals surface area (Å²) < 4.78 is 16.0. The molecule has 7 atom stereocenters. The number of furan rings is 1. The van der Waals surface area contributed by atoms with Crippen LogP contribution in [0.15, 0.2) is 23.0 Å². The zero-order valence-electron chi connectivity index (χ0n) is 18.2. The SMILES string of the molecule is COC(=O)[C@@H]1C[C@@H](SC(C)=O)C(=O)[C@H]2[C@@]1(C)CC[C@H]1C(=O)O[C@H](c3ccoc3)C[C@]21C. The molecule has 2 aliphatic carbocycles. The summed E-state index contributed by atoms with van der Waals surface area (Å²) in [5.41, 5.74) is -0.603. The zero-order chi connectivity index (χ0) is 22.6. The molecule has 0 spiro atoms. The van der Waals surface area contributed by atoms with Gasteiger partial charge < -0.3 is 13.9 Å².